The topological polar surface area (TPSA) is 83.6 Å². The average molecular weight is 310 g/mol. The molecule has 0 unspecified atom stereocenters. The van der Waals surface area contributed by atoms with Crippen molar-refractivity contribution < 1.29 is 4.79 Å². The minimum absolute atomic E-state index is 0.183. The van der Waals surface area contributed by atoms with E-state index in [1.165, 1.54) is 0 Å². The van der Waals surface area contributed by atoms with E-state index in [-0.39, 0.29) is 5.91 Å². The fourth-order valence-electron chi connectivity index (χ4n) is 1.44. The number of H-pyrrole nitrogens is 1. The SMILES string of the molecule is CC(C)(NC(=O)c1ccc(Br)cc1)c1nn[nH]n1. The third kappa shape index (κ3) is 2.73. The number of halogens is 1. The molecular formula is C11H12BrN5O. The molecule has 0 aliphatic rings. The number of hydrogen-bond acceptors (Lipinski definition) is 4. The zero-order chi connectivity index (χ0) is 13.2. The first-order valence-electron chi connectivity index (χ1n) is 5.31. The van der Waals surface area contributed by atoms with Crippen LogP contribution < -0.4 is 5.32 Å². The lowest BCUT2D eigenvalue weighted by atomic mass is 10.0. The van der Waals surface area contributed by atoms with Gasteiger partial charge >= 0.3 is 0 Å². The van der Waals surface area contributed by atoms with Crippen LogP contribution in [0.1, 0.15) is 30.0 Å². The van der Waals surface area contributed by atoms with E-state index in [1.807, 2.05) is 26.0 Å². The summed E-state index contributed by atoms with van der Waals surface area (Å²) in [5.74, 6) is 0.255. The molecule has 2 aromatic rings. The molecule has 0 fully saturated rings. The summed E-state index contributed by atoms with van der Waals surface area (Å²) in [6.07, 6.45) is 0. The smallest absolute Gasteiger partial charge is 0.252 e. The Bertz CT molecular complexity index is 535. The summed E-state index contributed by atoms with van der Waals surface area (Å²) in [6, 6.07) is 7.12. The van der Waals surface area contributed by atoms with Crippen LogP contribution in [0.15, 0.2) is 28.7 Å². The van der Waals surface area contributed by atoms with Gasteiger partial charge < -0.3 is 5.32 Å². The third-order valence-corrected chi connectivity index (χ3v) is 2.97. The molecule has 1 aromatic heterocycles. The van der Waals surface area contributed by atoms with Crippen molar-refractivity contribution in [3.05, 3.63) is 40.1 Å². The van der Waals surface area contributed by atoms with Crippen molar-refractivity contribution in [2.24, 2.45) is 0 Å². The molecule has 0 spiro atoms. The molecule has 0 aliphatic carbocycles. The second kappa shape index (κ2) is 4.85. The highest BCUT2D eigenvalue weighted by Crippen LogP contribution is 2.16. The van der Waals surface area contributed by atoms with E-state index < -0.39 is 5.54 Å². The number of nitrogens with one attached hydrogen (secondary N) is 2. The number of tetrazole rings is 1. The minimum Gasteiger partial charge on any atom is -0.340 e. The molecule has 0 saturated carbocycles. The second-order valence-corrected chi connectivity index (χ2v) is 5.24. The van der Waals surface area contributed by atoms with Gasteiger partial charge in [-0.1, -0.05) is 21.1 Å². The molecule has 0 atom stereocenters. The zero-order valence-electron chi connectivity index (χ0n) is 9.94. The van der Waals surface area contributed by atoms with Gasteiger partial charge in [0.05, 0.1) is 5.54 Å². The summed E-state index contributed by atoms with van der Waals surface area (Å²) in [6.45, 7) is 3.63. The Morgan fingerprint density at radius 2 is 2.00 bits per heavy atom. The van der Waals surface area contributed by atoms with Crippen molar-refractivity contribution in [2.75, 3.05) is 0 Å². The average Bonchev–Trinajstić information content (AvgIpc) is 2.83. The van der Waals surface area contributed by atoms with Crippen LogP contribution in [0.2, 0.25) is 0 Å². The van der Waals surface area contributed by atoms with Crippen molar-refractivity contribution in [3.8, 4) is 0 Å². The van der Waals surface area contributed by atoms with E-state index in [4.69, 9.17) is 0 Å². The van der Waals surface area contributed by atoms with Crippen LogP contribution in [0.3, 0.4) is 0 Å². The summed E-state index contributed by atoms with van der Waals surface area (Å²) in [7, 11) is 0. The number of carbonyl (C=O) groups excluding carboxylic acids is 1. The molecule has 2 rings (SSSR count). The van der Waals surface area contributed by atoms with E-state index >= 15 is 0 Å². The van der Waals surface area contributed by atoms with Gasteiger partial charge in [0.1, 0.15) is 0 Å². The van der Waals surface area contributed by atoms with Crippen LogP contribution in [-0.4, -0.2) is 26.5 Å². The summed E-state index contributed by atoms with van der Waals surface area (Å²) < 4.78 is 0.927. The Morgan fingerprint density at radius 1 is 1.33 bits per heavy atom. The highest BCUT2D eigenvalue weighted by atomic mass is 79.9. The van der Waals surface area contributed by atoms with E-state index in [2.05, 4.69) is 41.9 Å². The van der Waals surface area contributed by atoms with Crippen molar-refractivity contribution in [1.82, 2.24) is 25.9 Å². The standard InChI is InChI=1S/C11H12BrN5O/c1-11(2,10-14-16-17-15-10)13-9(18)7-3-5-8(12)6-4-7/h3-6H,1-2H3,(H,13,18)(H,14,15,16,17). The van der Waals surface area contributed by atoms with E-state index in [0.29, 0.717) is 11.4 Å². The fourth-order valence-corrected chi connectivity index (χ4v) is 1.70. The maximum absolute atomic E-state index is 12.1. The quantitative estimate of drug-likeness (QED) is 0.902. The van der Waals surface area contributed by atoms with Crippen LogP contribution in [0, 0.1) is 0 Å². The molecule has 94 valence electrons. The predicted molar refractivity (Wildman–Crippen MR) is 68.8 cm³/mol. The van der Waals surface area contributed by atoms with E-state index in [9.17, 15) is 4.79 Å². The van der Waals surface area contributed by atoms with Gasteiger partial charge in [0, 0.05) is 10.0 Å². The van der Waals surface area contributed by atoms with Gasteiger partial charge in [0.2, 0.25) is 0 Å². The van der Waals surface area contributed by atoms with Gasteiger partial charge in [-0.3, -0.25) is 4.79 Å². The largest absolute Gasteiger partial charge is 0.340 e. The molecule has 7 heteroatoms. The molecule has 0 bridgehead atoms. The number of amides is 1. The molecule has 2 N–H and O–H groups in total. The minimum atomic E-state index is -0.683. The Kier molecular flexibility index (Phi) is 3.42. The van der Waals surface area contributed by atoms with Crippen molar-refractivity contribution in [3.63, 3.8) is 0 Å². The number of carbonyl (C=O) groups is 1. The molecule has 1 heterocycles. The molecule has 1 amide bonds. The van der Waals surface area contributed by atoms with Crippen LogP contribution in [0.5, 0.6) is 0 Å². The summed E-state index contributed by atoms with van der Waals surface area (Å²) in [4.78, 5) is 12.1. The lowest BCUT2D eigenvalue weighted by Crippen LogP contribution is -2.41. The predicted octanol–water partition coefficient (Wildman–Crippen LogP) is 1.63. The number of benzene rings is 1. The molecule has 0 radical (unpaired) electrons. The Hall–Kier alpha value is -1.76. The number of hydrogen-bond donors (Lipinski definition) is 2. The van der Waals surface area contributed by atoms with Crippen LogP contribution >= 0.6 is 15.9 Å². The van der Waals surface area contributed by atoms with Gasteiger partial charge in [-0.15, -0.1) is 10.2 Å². The normalized spacial score (nSPS) is 11.3. The lowest BCUT2D eigenvalue weighted by Gasteiger charge is -2.22. The number of aromatic nitrogens is 4. The third-order valence-electron chi connectivity index (χ3n) is 2.44. The van der Waals surface area contributed by atoms with Gasteiger partial charge in [-0.25, -0.2) is 0 Å². The fraction of sp³-hybridized carbons (Fsp3) is 0.273. The molecule has 0 saturated heterocycles. The van der Waals surface area contributed by atoms with Crippen LogP contribution in [-0.2, 0) is 5.54 Å². The first kappa shape index (κ1) is 12.7. The van der Waals surface area contributed by atoms with Crippen molar-refractivity contribution in [2.45, 2.75) is 19.4 Å². The van der Waals surface area contributed by atoms with Crippen LogP contribution in [0.25, 0.3) is 0 Å². The monoisotopic (exact) mass is 309 g/mol. The number of nitrogens with zero attached hydrogens (tertiary/aromatic N) is 3. The van der Waals surface area contributed by atoms with E-state index in [1.54, 1.807) is 12.1 Å². The maximum atomic E-state index is 12.1. The van der Waals surface area contributed by atoms with Gasteiger partial charge in [0.25, 0.3) is 5.91 Å². The lowest BCUT2D eigenvalue weighted by molar-refractivity contribution is 0.0908. The maximum Gasteiger partial charge on any atom is 0.252 e. The second-order valence-electron chi connectivity index (χ2n) is 4.32. The molecule has 18 heavy (non-hydrogen) atoms. The molecular weight excluding hydrogens is 298 g/mol. The van der Waals surface area contributed by atoms with Gasteiger partial charge in [0.15, 0.2) is 5.82 Å². The number of aromatic amines is 1. The van der Waals surface area contributed by atoms with E-state index in [0.717, 1.165) is 4.47 Å². The molecule has 0 aliphatic heterocycles. The summed E-state index contributed by atoms with van der Waals surface area (Å²) >= 11 is 3.32. The summed E-state index contributed by atoms with van der Waals surface area (Å²) in [5.41, 5.74) is -0.105. The Balaban J connectivity index is 2.14. The van der Waals surface area contributed by atoms with Crippen molar-refractivity contribution >= 4 is 21.8 Å². The van der Waals surface area contributed by atoms with Gasteiger partial charge in [-0.05, 0) is 38.1 Å². The molecule has 6 nitrogen and oxygen atoms in total. The zero-order valence-corrected chi connectivity index (χ0v) is 11.5. The first-order chi connectivity index (χ1) is 8.49. The van der Waals surface area contributed by atoms with Crippen molar-refractivity contribution in [1.29, 1.82) is 0 Å². The number of rotatable bonds is 3. The van der Waals surface area contributed by atoms with Crippen LogP contribution in [0.4, 0.5) is 0 Å². The Labute approximate surface area is 112 Å². The highest BCUT2D eigenvalue weighted by Gasteiger charge is 2.27. The van der Waals surface area contributed by atoms with Gasteiger partial charge in [-0.2, -0.15) is 5.21 Å². The molecule has 1 aromatic carbocycles. The first-order valence-corrected chi connectivity index (χ1v) is 6.10. The Morgan fingerprint density at radius 3 is 2.56 bits per heavy atom. The summed E-state index contributed by atoms with van der Waals surface area (Å²) in [5, 5.41) is 16.5. The highest BCUT2D eigenvalue weighted by molar-refractivity contribution is 9.10.